The molecule has 0 bridgehead atoms. The third-order valence-electron chi connectivity index (χ3n) is 4.91. The minimum Gasteiger partial charge on any atom is -0.356 e. The lowest BCUT2D eigenvalue weighted by molar-refractivity contribution is 0.261. The van der Waals surface area contributed by atoms with E-state index in [9.17, 15) is 0 Å². The summed E-state index contributed by atoms with van der Waals surface area (Å²) in [5.41, 5.74) is 2.25. The van der Waals surface area contributed by atoms with Gasteiger partial charge < -0.3 is 10.3 Å². The highest BCUT2D eigenvalue weighted by Crippen LogP contribution is 2.29. The Hall–Kier alpha value is -0.990. The number of H-pyrrole nitrogens is 1. The van der Waals surface area contributed by atoms with Gasteiger partial charge in [-0.15, -0.1) is 0 Å². The Balaban J connectivity index is 1.68. The molecule has 2 nitrogen and oxygen atoms in total. The van der Waals surface area contributed by atoms with Crippen molar-refractivity contribution in [3.05, 3.63) is 35.0 Å². The van der Waals surface area contributed by atoms with Crippen molar-refractivity contribution in [1.82, 2.24) is 10.3 Å². The van der Waals surface area contributed by atoms with Crippen molar-refractivity contribution in [3.8, 4) is 0 Å². The Morgan fingerprint density at radius 1 is 1.24 bits per heavy atom. The van der Waals surface area contributed by atoms with Crippen LogP contribution in [0.1, 0.15) is 51.1 Å². The normalized spacial score (nSPS) is 18.2. The van der Waals surface area contributed by atoms with E-state index >= 15 is 0 Å². The molecule has 1 fully saturated rings. The zero-order chi connectivity index (χ0) is 14.7. The van der Waals surface area contributed by atoms with Crippen LogP contribution in [0.25, 0.3) is 10.9 Å². The highest BCUT2D eigenvalue weighted by atomic mass is 35.5. The molecule has 0 aliphatic heterocycles. The fourth-order valence-corrected chi connectivity index (χ4v) is 3.98. The topological polar surface area (TPSA) is 27.8 Å². The molecular formula is C18H25ClN2. The number of nitrogens with one attached hydrogen (secondary N) is 2. The number of benzene rings is 1. The van der Waals surface area contributed by atoms with E-state index in [0.29, 0.717) is 6.04 Å². The van der Waals surface area contributed by atoms with Gasteiger partial charge in [-0.05, 0) is 31.2 Å². The fraction of sp³-hybridized carbons (Fsp3) is 0.556. The zero-order valence-corrected chi connectivity index (χ0v) is 13.5. The Morgan fingerprint density at radius 2 is 2.00 bits per heavy atom. The number of para-hydroxylation sites is 1. The molecule has 2 N–H and O–H groups in total. The molecule has 114 valence electrons. The average molecular weight is 305 g/mol. The van der Waals surface area contributed by atoms with Gasteiger partial charge in [0.1, 0.15) is 0 Å². The van der Waals surface area contributed by atoms with E-state index < -0.39 is 0 Å². The van der Waals surface area contributed by atoms with Crippen LogP contribution in [0.5, 0.6) is 0 Å². The van der Waals surface area contributed by atoms with E-state index in [1.165, 1.54) is 38.5 Å². The van der Waals surface area contributed by atoms with Crippen molar-refractivity contribution in [3.63, 3.8) is 0 Å². The third-order valence-corrected chi connectivity index (χ3v) is 5.35. The van der Waals surface area contributed by atoms with E-state index in [1.807, 2.05) is 12.1 Å². The standard InChI is InChI=1S/C18H25ClN2/c1-2-15(13-8-4-3-5-9-13)20-12-17-18(19)14-10-6-7-11-16(14)21-17/h6-7,10-11,13,15,20-21H,2-5,8-9,12H2,1H3. The predicted octanol–water partition coefficient (Wildman–Crippen LogP) is 5.27. The summed E-state index contributed by atoms with van der Waals surface area (Å²) in [7, 11) is 0. The van der Waals surface area contributed by atoms with Gasteiger partial charge in [0.2, 0.25) is 0 Å². The summed E-state index contributed by atoms with van der Waals surface area (Å²) in [4.78, 5) is 3.45. The summed E-state index contributed by atoms with van der Waals surface area (Å²) < 4.78 is 0. The van der Waals surface area contributed by atoms with E-state index in [2.05, 4.69) is 29.4 Å². The number of aromatic nitrogens is 1. The van der Waals surface area contributed by atoms with Crippen LogP contribution in [-0.2, 0) is 6.54 Å². The molecule has 0 spiro atoms. The number of halogens is 1. The molecule has 1 heterocycles. The van der Waals surface area contributed by atoms with Gasteiger partial charge in [-0.2, -0.15) is 0 Å². The number of rotatable bonds is 5. The minimum absolute atomic E-state index is 0.618. The molecule has 1 aliphatic rings. The lowest BCUT2D eigenvalue weighted by Gasteiger charge is -2.30. The summed E-state index contributed by atoms with van der Waals surface area (Å²) in [6, 6.07) is 8.87. The molecule has 0 saturated heterocycles. The van der Waals surface area contributed by atoms with Crippen LogP contribution in [0, 0.1) is 5.92 Å². The molecule has 3 heteroatoms. The number of aromatic amines is 1. The molecule has 1 atom stereocenters. The summed E-state index contributed by atoms with van der Waals surface area (Å²) in [6.07, 6.45) is 8.17. The van der Waals surface area contributed by atoms with Gasteiger partial charge in [-0.25, -0.2) is 0 Å². The molecule has 0 amide bonds. The van der Waals surface area contributed by atoms with Crippen molar-refractivity contribution in [2.45, 2.75) is 58.0 Å². The molecule has 1 aromatic heterocycles. The maximum absolute atomic E-state index is 6.50. The molecule has 21 heavy (non-hydrogen) atoms. The van der Waals surface area contributed by atoms with Crippen LogP contribution in [0.4, 0.5) is 0 Å². The zero-order valence-electron chi connectivity index (χ0n) is 12.8. The summed E-state index contributed by atoms with van der Waals surface area (Å²) in [6.45, 7) is 3.13. The number of fused-ring (bicyclic) bond motifs is 1. The highest BCUT2D eigenvalue weighted by molar-refractivity contribution is 6.36. The number of hydrogen-bond acceptors (Lipinski definition) is 1. The van der Waals surface area contributed by atoms with E-state index in [1.54, 1.807) is 0 Å². The highest BCUT2D eigenvalue weighted by Gasteiger charge is 2.22. The van der Waals surface area contributed by atoms with Gasteiger partial charge >= 0.3 is 0 Å². The molecular weight excluding hydrogens is 280 g/mol. The monoisotopic (exact) mass is 304 g/mol. The largest absolute Gasteiger partial charge is 0.356 e. The first-order chi connectivity index (χ1) is 10.3. The van der Waals surface area contributed by atoms with Crippen molar-refractivity contribution >= 4 is 22.5 Å². The smallest absolute Gasteiger partial charge is 0.0705 e. The second-order valence-corrected chi connectivity index (χ2v) is 6.63. The van der Waals surface area contributed by atoms with E-state index in [-0.39, 0.29) is 0 Å². The number of hydrogen-bond donors (Lipinski definition) is 2. The Morgan fingerprint density at radius 3 is 2.71 bits per heavy atom. The second-order valence-electron chi connectivity index (χ2n) is 6.26. The van der Waals surface area contributed by atoms with Crippen molar-refractivity contribution in [1.29, 1.82) is 0 Å². The third kappa shape index (κ3) is 3.27. The lowest BCUT2D eigenvalue weighted by Crippen LogP contribution is -2.36. The van der Waals surface area contributed by atoms with Gasteiger partial charge in [-0.1, -0.05) is 56.0 Å². The van der Waals surface area contributed by atoms with Gasteiger partial charge in [0.25, 0.3) is 0 Å². The van der Waals surface area contributed by atoms with E-state index in [4.69, 9.17) is 11.6 Å². The molecule has 1 unspecified atom stereocenters. The van der Waals surface area contributed by atoms with Crippen molar-refractivity contribution in [2.24, 2.45) is 5.92 Å². The first-order valence-electron chi connectivity index (χ1n) is 8.28. The van der Waals surface area contributed by atoms with Gasteiger partial charge in [0, 0.05) is 29.2 Å². The van der Waals surface area contributed by atoms with Gasteiger partial charge in [-0.3, -0.25) is 0 Å². The quantitative estimate of drug-likeness (QED) is 0.773. The maximum atomic E-state index is 6.50. The first-order valence-corrected chi connectivity index (χ1v) is 8.66. The Labute approximate surface area is 132 Å². The van der Waals surface area contributed by atoms with Crippen LogP contribution in [0.15, 0.2) is 24.3 Å². The van der Waals surface area contributed by atoms with Crippen LogP contribution in [0.3, 0.4) is 0 Å². The fourth-order valence-electron chi connectivity index (χ4n) is 3.70. The lowest BCUT2D eigenvalue weighted by atomic mass is 9.83. The van der Waals surface area contributed by atoms with E-state index in [0.717, 1.165) is 34.1 Å². The van der Waals surface area contributed by atoms with Gasteiger partial charge in [0.05, 0.1) is 5.02 Å². The summed E-state index contributed by atoms with van der Waals surface area (Å²) in [5.74, 6) is 0.840. The molecule has 2 aromatic rings. The Bertz CT molecular complexity index is 584. The van der Waals surface area contributed by atoms with Crippen molar-refractivity contribution in [2.75, 3.05) is 0 Å². The average Bonchev–Trinajstić information content (AvgIpc) is 2.86. The molecule has 0 radical (unpaired) electrons. The molecule has 3 rings (SSSR count). The molecule has 1 aromatic carbocycles. The first kappa shape index (κ1) is 14.9. The SMILES string of the molecule is CCC(NCc1[nH]c2ccccc2c1Cl)C1CCCCC1. The van der Waals surface area contributed by atoms with Crippen LogP contribution in [0.2, 0.25) is 5.02 Å². The summed E-state index contributed by atoms with van der Waals surface area (Å²) in [5, 5.41) is 5.74. The van der Waals surface area contributed by atoms with Gasteiger partial charge in [0.15, 0.2) is 0 Å². The molecule has 1 saturated carbocycles. The minimum atomic E-state index is 0.618. The van der Waals surface area contributed by atoms with Crippen LogP contribution >= 0.6 is 11.6 Å². The molecule has 1 aliphatic carbocycles. The maximum Gasteiger partial charge on any atom is 0.0705 e. The second kappa shape index (κ2) is 6.85. The summed E-state index contributed by atoms with van der Waals surface area (Å²) >= 11 is 6.50. The van der Waals surface area contributed by atoms with Crippen LogP contribution in [-0.4, -0.2) is 11.0 Å². The Kier molecular flexibility index (Phi) is 4.87. The van der Waals surface area contributed by atoms with Crippen LogP contribution < -0.4 is 5.32 Å². The van der Waals surface area contributed by atoms with Crippen molar-refractivity contribution < 1.29 is 0 Å². The predicted molar refractivity (Wildman–Crippen MR) is 90.8 cm³/mol.